The van der Waals surface area contributed by atoms with Gasteiger partial charge in [0.2, 0.25) is 5.91 Å². The maximum absolute atomic E-state index is 12.6. The Labute approximate surface area is 202 Å². The number of benzene rings is 2. The number of hydrogen-bond donors (Lipinski definition) is 3. The predicted octanol–water partition coefficient (Wildman–Crippen LogP) is 3.94. The summed E-state index contributed by atoms with van der Waals surface area (Å²) in [5.41, 5.74) is 4.32. The van der Waals surface area contributed by atoms with E-state index in [-0.39, 0.29) is 48.8 Å². The monoisotopic (exact) mass is 477 g/mol. The number of alkyl carbamates (subject to hydrolysis) is 1. The smallest absolute Gasteiger partial charge is 0.407 e. The molecular weight excluding hydrogens is 450 g/mol. The van der Waals surface area contributed by atoms with Crippen LogP contribution in [0.5, 0.6) is 0 Å². The lowest BCUT2D eigenvalue weighted by Crippen LogP contribution is -2.42. The lowest BCUT2D eigenvalue weighted by Gasteiger charge is -2.22. The minimum atomic E-state index is -1.21. The third kappa shape index (κ3) is 5.51. The Hall–Kier alpha value is -4.14. The summed E-state index contributed by atoms with van der Waals surface area (Å²) < 4.78 is 10.5. The highest BCUT2D eigenvalue weighted by atomic mass is 16.5. The largest absolute Gasteiger partial charge is 0.476 e. The quantitative estimate of drug-likeness (QED) is 0.425. The average molecular weight is 478 g/mol. The average Bonchev–Trinajstić information content (AvgIpc) is 3.44. The summed E-state index contributed by atoms with van der Waals surface area (Å²) in [6, 6.07) is 17.0. The van der Waals surface area contributed by atoms with Crippen LogP contribution in [0.2, 0.25) is 0 Å². The van der Waals surface area contributed by atoms with Gasteiger partial charge in [-0.1, -0.05) is 67.5 Å². The molecule has 3 aromatic rings. The molecule has 1 atom stereocenters. The molecule has 1 aliphatic carbocycles. The number of rotatable bonds is 9. The van der Waals surface area contributed by atoms with Crippen molar-refractivity contribution in [3.63, 3.8) is 0 Å². The first-order valence-electron chi connectivity index (χ1n) is 11.4. The number of aromatic nitrogens is 1. The number of carbonyl (C=O) groups excluding carboxylic acids is 2. The number of fused-ring (bicyclic) bond motifs is 3. The number of hydrogen-bond acceptors (Lipinski definition) is 6. The van der Waals surface area contributed by atoms with E-state index in [9.17, 15) is 14.4 Å². The van der Waals surface area contributed by atoms with Gasteiger partial charge in [0.05, 0.1) is 6.54 Å². The molecule has 9 heteroatoms. The van der Waals surface area contributed by atoms with E-state index >= 15 is 0 Å². The fraction of sp³-hybridized carbons (Fsp3) is 0.308. The molecule has 0 spiro atoms. The topological polar surface area (TPSA) is 131 Å². The first kappa shape index (κ1) is 24.0. The van der Waals surface area contributed by atoms with Crippen molar-refractivity contribution in [1.29, 1.82) is 0 Å². The Bertz CT molecular complexity index is 1190. The Morgan fingerprint density at radius 2 is 1.69 bits per heavy atom. The van der Waals surface area contributed by atoms with Crippen LogP contribution in [-0.4, -0.2) is 40.9 Å². The van der Waals surface area contributed by atoms with Crippen LogP contribution in [0.3, 0.4) is 0 Å². The first-order valence-corrected chi connectivity index (χ1v) is 11.4. The van der Waals surface area contributed by atoms with Gasteiger partial charge in [-0.15, -0.1) is 0 Å². The summed E-state index contributed by atoms with van der Waals surface area (Å²) in [7, 11) is 0. The number of carbonyl (C=O) groups is 3. The van der Waals surface area contributed by atoms with Gasteiger partial charge in [0.25, 0.3) is 0 Å². The molecule has 1 unspecified atom stereocenters. The molecule has 1 heterocycles. The molecule has 0 bridgehead atoms. The van der Waals surface area contributed by atoms with Crippen molar-refractivity contribution in [2.24, 2.45) is 5.92 Å². The van der Waals surface area contributed by atoms with Crippen molar-refractivity contribution in [2.75, 3.05) is 6.61 Å². The molecule has 35 heavy (non-hydrogen) atoms. The van der Waals surface area contributed by atoms with E-state index in [2.05, 4.69) is 40.1 Å². The van der Waals surface area contributed by atoms with Gasteiger partial charge >= 0.3 is 12.1 Å². The van der Waals surface area contributed by atoms with E-state index in [4.69, 9.17) is 14.4 Å². The van der Waals surface area contributed by atoms with Crippen molar-refractivity contribution in [3.05, 3.63) is 77.2 Å². The van der Waals surface area contributed by atoms with Gasteiger partial charge in [-0.3, -0.25) is 4.79 Å². The van der Waals surface area contributed by atoms with Crippen LogP contribution < -0.4 is 10.6 Å². The van der Waals surface area contributed by atoms with Crippen molar-refractivity contribution >= 4 is 18.0 Å². The lowest BCUT2D eigenvalue weighted by atomic mass is 9.98. The van der Waals surface area contributed by atoms with E-state index in [1.165, 1.54) is 6.07 Å². The molecule has 3 N–H and O–H groups in total. The highest BCUT2D eigenvalue weighted by Gasteiger charge is 2.29. The minimum absolute atomic E-state index is 0.00509. The second kappa shape index (κ2) is 10.4. The van der Waals surface area contributed by atoms with E-state index in [0.717, 1.165) is 22.3 Å². The maximum Gasteiger partial charge on any atom is 0.407 e. The number of ether oxygens (including phenoxy) is 1. The van der Waals surface area contributed by atoms with Crippen LogP contribution in [0.15, 0.2) is 59.1 Å². The number of nitrogens with zero attached hydrogens (tertiary/aromatic N) is 1. The molecule has 2 amide bonds. The SMILES string of the molecule is CC(C)C(CC(=O)NCc1cc(C(=O)O)no1)NC(=O)OCC1c2ccccc2-c2ccccc21. The normalized spacial score (nSPS) is 13.1. The van der Waals surface area contributed by atoms with Crippen LogP contribution in [0.4, 0.5) is 4.79 Å². The number of amides is 2. The number of carboxylic acid groups (broad SMARTS) is 1. The van der Waals surface area contributed by atoms with Gasteiger partial charge in [-0.2, -0.15) is 0 Å². The Balaban J connectivity index is 1.31. The van der Waals surface area contributed by atoms with Gasteiger partial charge in [-0.05, 0) is 28.2 Å². The third-order valence-electron chi connectivity index (χ3n) is 6.09. The molecule has 9 nitrogen and oxygen atoms in total. The molecule has 1 aromatic heterocycles. The van der Waals surface area contributed by atoms with Gasteiger partial charge in [0.1, 0.15) is 6.61 Å². The Kier molecular flexibility index (Phi) is 7.14. The van der Waals surface area contributed by atoms with Gasteiger partial charge < -0.3 is 25.0 Å². The highest BCUT2D eigenvalue weighted by Crippen LogP contribution is 2.44. The standard InChI is InChI=1S/C26H27N3O6/c1-15(2)22(12-24(30)27-13-16-11-23(25(31)32)29-35-16)28-26(33)34-14-21-19-9-5-3-7-17(19)18-8-4-6-10-20(18)21/h3-11,15,21-22H,12-14H2,1-2H3,(H,27,30)(H,28,33)(H,31,32). The van der Waals surface area contributed by atoms with Crippen molar-refractivity contribution in [3.8, 4) is 11.1 Å². The summed E-state index contributed by atoms with van der Waals surface area (Å²) in [6.07, 6.45) is -0.554. The fourth-order valence-electron chi connectivity index (χ4n) is 4.20. The Morgan fingerprint density at radius 1 is 1.06 bits per heavy atom. The number of aromatic carboxylic acids is 1. The molecule has 2 aromatic carbocycles. The van der Waals surface area contributed by atoms with Crippen LogP contribution in [0.25, 0.3) is 11.1 Å². The van der Waals surface area contributed by atoms with E-state index in [1.807, 2.05) is 38.1 Å². The van der Waals surface area contributed by atoms with Crippen molar-refractivity contribution in [2.45, 2.75) is 38.8 Å². The van der Waals surface area contributed by atoms with Crippen LogP contribution >= 0.6 is 0 Å². The van der Waals surface area contributed by atoms with E-state index in [0.29, 0.717) is 0 Å². The zero-order valence-electron chi connectivity index (χ0n) is 19.5. The van der Waals surface area contributed by atoms with Crippen LogP contribution in [0, 0.1) is 5.92 Å². The van der Waals surface area contributed by atoms with Crippen LogP contribution in [-0.2, 0) is 16.1 Å². The van der Waals surface area contributed by atoms with Crippen molar-refractivity contribution < 1.29 is 28.8 Å². The molecule has 182 valence electrons. The summed E-state index contributed by atoms with van der Waals surface area (Å²) in [5.74, 6) is -1.38. The van der Waals surface area contributed by atoms with Gasteiger partial charge in [-0.25, -0.2) is 9.59 Å². The van der Waals surface area contributed by atoms with Gasteiger partial charge in [0.15, 0.2) is 11.5 Å². The highest BCUT2D eigenvalue weighted by molar-refractivity contribution is 5.85. The Morgan fingerprint density at radius 3 is 2.26 bits per heavy atom. The van der Waals surface area contributed by atoms with Crippen LogP contribution in [0.1, 0.15) is 53.6 Å². The van der Waals surface area contributed by atoms with E-state index < -0.39 is 18.1 Å². The summed E-state index contributed by atoms with van der Waals surface area (Å²) in [4.78, 5) is 35.9. The third-order valence-corrected chi connectivity index (χ3v) is 6.09. The molecular formula is C26H27N3O6. The second-order valence-corrected chi connectivity index (χ2v) is 8.78. The zero-order chi connectivity index (χ0) is 24.9. The molecule has 0 saturated carbocycles. The maximum atomic E-state index is 12.6. The first-order chi connectivity index (χ1) is 16.8. The minimum Gasteiger partial charge on any atom is -0.476 e. The predicted molar refractivity (Wildman–Crippen MR) is 127 cm³/mol. The second-order valence-electron chi connectivity index (χ2n) is 8.78. The molecule has 0 aliphatic heterocycles. The summed E-state index contributed by atoms with van der Waals surface area (Å²) in [6.45, 7) is 3.98. The number of nitrogens with one attached hydrogen (secondary N) is 2. The fourth-order valence-corrected chi connectivity index (χ4v) is 4.20. The van der Waals surface area contributed by atoms with E-state index in [1.54, 1.807) is 0 Å². The van der Waals surface area contributed by atoms with Gasteiger partial charge in [0, 0.05) is 24.4 Å². The molecule has 0 fully saturated rings. The molecule has 4 rings (SSSR count). The summed E-state index contributed by atoms with van der Waals surface area (Å²) in [5, 5.41) is 17.7. The molecule has 0 saturated heterocycles. The van der Waals surface area contributed by atoms with Crippen molar-refractivity contribution in [1.82, 2.24) is 15.8 Å². The molecule has 1 aliphatic rings. The zero-order valence-corrected chi connectivity index (χ0v) is 19.5. The lowest BCUT2D eigenvalue weighted by molar-refractivity contribution is -0.122. The number of carboxylic acids is 1. The molecule has 0 radical (unpaired) electrons. The summed E-state index contributed by atoms with van der Waals surface area (Å²) >= 11 is 0.